The van der Waals surface area contributed by atoms with Crippen molar-refractivity contribution < 1.29 is 17.4 Å². The third-order valence-corrected chi connectivity index (χ3v) is 25.5. The number of nitrogens with zero attached hydrogens (tertiary/aromatic N) is 2. The maximum Gasteiger partial charge on any atom is -0.147 e. The van der Waals surface area contributed by atoms with E-state index in [0.717, 1.165) is 17.8 Å². The molecule has 194 valence electrons. The second-order valence-electron chi connectivity index (χ2n) is 11.3. The Morgan fingerprint density at radius 3 is 2.22 bits per heavy atom. The standard InChI is InChI=1S/C23H21N2.C6H7.2CH3.2ClH.H2Si.Zr/c1-2-3-8-17-13-18-15-19(22-9-4-6-11-24-22)16-21(20(18)14-17)23-10-5-7-12-25-23;1-6-4-2-3-5-6;;;;;;/h4-7,9-16H,2-3,8H2,1H3;2,4H,3H2,1H3;2*1H3;2*1H;1H2;. The molecule has 0 saturated carbocycles. The summed E-state index contributed by atoms with van der Waals surface area (Å²) in [5.74, 6) is 0. The molecule has 2 aliphatic rings. The smallest absolute Gasteiger partial charge is 0.147 e. The quantitative estimate of drug-likeness (QED) is 0.244. The maximum absolute atomic E-state index is 4.79. The van der Waals surface area contributed by atoms with Crippen molar-refractivity contribution in [2.45, 2.75) is 52.4 Å². The number of rotatable bonds is 7. The van der Waals surface area contributed by atoms with Gasteiger partial charge in [-0.05, 0) is 0 Å². The fraction of sp³-hybridized carbons (Fsp3) is 0.290. The van der Waals surface area contributed by atoms with Crippen LogP contribution in [0.25, 0.3) is 28.6 Å². The summed E-state index contributed by atoms with van der Waals surface area (Å²) in [7, 11) is 0. The van der Waals surface area contributed by atoms with E-state index >= 15 is 0 Å². The van der Waals surface area contributed by atoms with Gasteiger partial charge in [-0.1, -0.05) is 0 Å². The number of fused-ring (bicyclic) bond motifs is 1. The molecule has 0 radical (unpaired) electrons. The molecule has 0 amide bonds. The van der Waals surface area contributed by atoms with Gasteiger partial charge in [0.1, 0.15) is 0 Å². The van der Waals surface area contributed by atoms with Crippen LogP contribution in [0.5, 0.6) is 0 Å². The Hall–Kier alpha value is -1.58. The number of pyridine rings is 2. The molecule has 0 aliphatic heterocycles. The molecule has 0 N–H and O–H groups in total. The van der Waals surface area contributed by atoms with E-state index in [1.807, 2.05) is 24.5 Å². The molecule has 6 heteroatoms. The maximum atomic E-state index is 4.79. The molecule has 0 saturated heterocycles. The Balaban J connectivity index is 0.00000190. The Morgan fingerprint density at radius 2 is 1.65 bits per heavy atom. The van der Waals surface area contributed by atoms with Crippen molar-refractivity contribution in [2.24, 2.45) is 0 Å². The van der Waals surface area contributed by atoms with Gasteiger partial charge in [0.2, 0.25) is 0 Å². The van der Waals surface area contributed by atoms with Gasteiger partial charge < -0.3 is 0 Å². The van der Waals surface area contributed by atoms with E-state index in [9.17, 15) is 0 Å². The van der Waals surface area contributed by atoms with E-state index in [0.29, 0.717) is 3.63 Å². The van der Waals surface area contributed by atoms with Crippen molar-refractivity contribution in [1.29, 1.82) is 0 Å². The summed E-state index contributed by atoms with van der Waals surface area (Å²) in [4.78, 5) is 9.53. The Morgan fingerprint density at radius 1 is 0.973 bits per heavy atom. The first-order valence-corrected chi connectivity index (χ1v) is 26.4. The average molecular weight is 629 g/mol. The number of hydrogen-bond donors (Lipinski definition) is 0. The number of aromatic nitrogens is 2. The number of hydrogen-bond acceptors (Lipinski definition) is 2. The van der Waals surface area contributed by atoms with Crippen molar-refractivity contribution in [3.05, 3.63) is 98.6 Å². The van der Waals surface area contributed by atoms with Gasteiger partial charge >= 0.3 is 214 Å². The minimum Gasteiger partial charge on any atom is -0.147 e. The molecule has 3 aromatic rings. The summed E-state index contributed by atoms with van der Waals surface area (Å²) in [6, 6.07) is 17.2. The third-order valence-electron chi connectivity index (χ3n) is 8.03. The summed E-state index contributed by atoms with van der Waals surface area (Å²) < 4.78 is 7.68. The minimum atomic E-state index is -3.40. The largest absolute Gasteiger partial charge is 0.147 e. The fourth-order valence-electron chi connectivity index (χ4n) is 6.42. The summed E-state index contributed by atoms with van der Waals surface area (Å²) in [6.45, 7) is 7.04. The monoisotopic (exact) mass is 626 g/mol. The van der Waals surface area contributed by atoms with E-state index in [2.05, 4.69) is 84.6 Å². The van der Waals surface area contributed by atoms with Crippen LogP contribution in [0.1, 0.15) is 54.3 Å². The van der Waals surface area contributed by atoms with Crippen LogP contribution in [0, 0.1) is 0 Å². The summed E-state index contributed by atoms with van der Waals surface area (Å²) in [5.41, 5.74) is 10.6. The minimum absolute atomic E-state index is 0. The molecule has 2 aromatic heterocycles. The first-order valence-electron chi connectivity index (χ1n) is 12.9. The second-order valence-corrected chi connectivity index (χ2v) is 40.9. The predicted molar refractivity (Wildman–Crippen MR) is 164 cm³/mol. The molecule has 2 heterocycles. The third kappa shape index (κ3) is 5.59. The predicted octanol–water partition coefficient (Wildman–Crippen LogP) is 8.85. The molecular formula is C31H38Cl2N2SiZr. The number of unbranched alkanes of at least 4 members (excludes halogenated alkanes) is 1. The molecular weight excluding hydrogens is 591 g/mol. The molecule has 0 spiro atoms. The van der Waals surface area contributed by atoms with Crippen molar-refractivity contribution in [3.63, 3.8) is 0 Å². The van der Waals surface area contributed by atoms with Crippen LogP contribution in [-0.4, -0.2) is 16.8 Å². The van der Waals surface area contributed by atoms with E-state index in [4.69, 9.17) is 9.97 Å². The zero-order chi connectivity index (χ0) is 24.7. The number of benzene rings is 1. The molecule has 1 atom stereocenters. The SMILES string of the molecule is CCCCC1=Cc2c(-c3ccccn3)cc(-c3ccccn3)cc2[CH]1[Zr]([CH3])([CH3])(=[SiH2])[C]1=C(C)C=CC1.Cl.Cl. The second kappa shape index (κ2) is 11.7. The van der Waals surface area contributed by atoms with E-state index in [1.54, 1.807) is 8.85 Å². The molecule has 2 aliphatic carbocycles. The molecule has 0 bridgehead atoms. The van der Waals surface area contributed by atoms with Gasteiger partial charge in [-0.15, -0.1) is 24.8 Å². The van der Waals surface area contributed by atoms with Gasteiger partial charge in [-0.25, -0.2) is 0 Å². The molecule has 5 rings (SSSR count). The van der Waals surface area contributed by atoms with Crippen LogP contribution in [0.15, 0.2) is 87.5 Å². The molecule has 1 aromatic carbocycles. The van der Waals surface area contributed by atoms with Crippen LogP contribution in [0.2, 0.25) is 9.26 Å². The van der Waals surface area contributed by atoms with Crippen molar-refractivity contribution >= 4 is 37.8 Å². The first-order chi connectivity index (χ1) is 16.8. The zero-order valence-corrected chi connectivity index (χ0v) is 27.8. The van der Waals surface area contributed by atoms with Gasteiger partial charge in [-0.3, -0.25) is 0 Å². The average Bonchev–Trinajstić information content (AvgIpc) is 3.47. The van der Waals surface area contributed by atoms with Crippen LogP contribution in [0.4, 0.5) is 0 Å². The fourth-order valence-corrected chi connectivity index (χ4v) is 24.5. The molecule has 0 fully saturated rings. The van der Waals surface area contributed by atoms with Crippen LogP contribution < -0.4 is 0 Å². The van der Waals surface area contributed by atoms with Gasteiger partial charge in [-0.2, -0.15) is 0 Å². The zero-order valence-electron chi connectivity index (χ0n) is 22.3. The molecule has 1 unspecified atom stereocenters. The summed E-state index contributed by atoms with van der Waals surface area (Å²) >= 11 is -3.40. The van der Waals surface area contributed by atoms with Crippen molar-refractivity contribution in [1.82, 2.24) is 9.97 Å². The number of allylic oxidation sites excluding steroid dienone is 5. The van der Waals surface area contributed by atoms with E-state index in [-0.39, 0.29) is 24.8 Å². The Kier molecular flexibility index (Phi) is 9.44. The van der Waals surface area contributed by atoms with Crippen molar-refractivity contribution in [2.75, 3.05) is 0 Å². The first kappa shape index (κ1) is 30.0. The van der Waals surface area contributed by atoms with Gasteiger partial charge in [0, 0.05) is 0 Å². The molecule has 37 heavy (non-hydrogen) atoms. The van der Waals surface area contributed by atoms with Gasteiger partial charge in [0.15, 0.2) is 0 Å². The van der Waals surface area contributed by atoms with E-state index < -0.39 is 17.4 Å². The Bertz CT molecular complexity index is 1440. The number of halogens is 2. The van der Waals surface area contributed by atoms with Crippen molar-refractivity contribution in [3.8, 4) is 22.5 Å². The molecule has 2 nitrogen and oxygen atoms in total. The topological polar surface area (TPSA) is 25.8 Å². The normalized spacial score (nSPS) is 16.7. The van der Waals surface area contributed by atoms with Crippen LogP contribution in [-0.2, 0) is 17.4 Å². The van der Waals surface area contributed by atoms with Crippen LogP contribution in [0.3, 0.4) is 0 Å². The van der Waals surface area contributed by atoms with Gasteiger partial charge in [0.25, 0.3) is 0 Å². The summed E-state index contributed by atoms with van der Waals surface area (Å²) in [6.07, 6.45) is 15.9. The Labute approximate surface area is 237 Å². The summed E-state index contributed by atoms with van der Waals surface area (Å²) in [5, 5.41) is 0. The van der Waals surface area contributed by atoms with E-state index in [1.165, 1.54) is 47.1 Å². The van der Waals surface area contributed by atoms with Crippen LogP contribution >= 0.6 is 24.8 Å². The van der Waals surface area contributed by atoms with Gasteiger partial charge in [0.05, 0.1) is 0 Å².